The molecule has 2 aromatic carbocycles. The van der Waals surface area contributed by atoms with E-state index in [2.05, 4.69) is 50.2 Å². The summed E-state index contributed by atoms with van der Waals surface area (Å²) in [5.41, 5.74) is 11.0. The Morgan fingerprint density at radius 2 is 1.96 bits per heavy atom. The van der Waals surface area contributed by atoms with Crippen LogP contribution >= 0.6 is 11.6 Å². The van der Waals surface area contributed by atoms with Crippen molar-refractivity contribution in [2.45, 2.75) is 46.3 Å². The van der Waals surface area contributed by atoms with Crippen molar-refractivity contribution in [2.24, 2.45) is 24.0 Å². The second-order valence-corrected chi connectivity index (χ2v) is 14.1. The van der Waals surface area contributed by atoms with Crippen molar-refractivity contribution < 1.29 is 18.7 Å². The zero-order chi connectivity index (χ0) is 36.2. The van der Waals surface area contributed by atoms with Crippen LogP contribution in [-0.2, 0) is 29.7 Å². The van der Waals surface area contributed by atoms with Gasteiger partial charge < -0.3 is 19.4 Å². The highest BCUT2D eigenvalue weighted by molar-refractivity contribution is 6.30. The molecule has 2 N–H and O–H groups in total. The topological polar surface area (TPSA) is 106 Å². The van der Waals surface area contributed by atoms with Crippen LogP contribution in [0, 0.1) is 17.7 Å². The van der Waals surface area contributed by atoms with E-state index in [-0.39, 0.29) is 18.4 Å². The Morgan fingerprint density at radius 3 is 2.69 bits per heavy atom. The van der Waals surface area contributed by atoms with Gasteiger partial charge in [-0.3, -0.25) is 15.1 Å². The Hall–Kier alpha value is -4.84. The van der Waals surface area contributed by atoms with Crippen molar-refractivity contribution in [3.8, 4) is 5.88 Å². The molecule has 1 fully saturated rings. The van der Waals surface area contributed by atoms with Gasteiger partial charge in [-0.25, -0.2) is 14.4 Å². The molecule has 0 spiro atoms. The molecule has 3 aliphatic heterocycles. The number of nitrogens with one attached hydrogen (secondary N) is 2. The van der Waals surface area contributed by atoms with Crippen LogP contribution in [0.2, 0.25) is 5.02 Å². The Kier molecular flexibility index (Phi) is 10.8. The van der Waals surface area contributed by atoms with Gasteiger partial charge >= 0.3 is 0 Å². The van der Waals surface area contributed by atoms with E-state index in [1.807, 2.05) is 49.5 Å². The van der Waals surface area contributed by atoms with E-state index >= 15 is 0 Å². The zero-order valence-electron chi connectivity index (χ0n) is 29.7. The van der Waals surface area contributed by atoms with Crippen molar-refractivity contribution in [3.63, 3.8) is 0 Å². The molecule has 1 amide bonds. The SMILES string of the molecule is C1COC1.CC(C)C1=NNC2=CC=C(C(=O)Nc3ccc4c(c3)nc(CN3CC=C(c5cccc(OCc6ccc(Cl)cc6F)n5)CC3)n4C)CC21. The third-order valence-corrected chi connectivity index (χ3v) is 9.96. The largest absolute Gasteiger partial charge is 0.473 e. The van der Waals surface area contributed by atoms with Crippen LogP contribution in [0.3, 0.4) is 0 Å². The molecule has 2 aromatic heterocycles. The number of carbonyl (C=O) groups excluding carboxylic acids is 1. The number of hydrazone groups is 1. The molecule has 5 heterocycles. The van der Waals surface area contributed by atoms with Gasteiger partial charge in [-0.2, -0.15) is 5.10 Å². The third-order valence-electron chi connectivity index (χ3n) is 9.73. The molecule has 4 aliphatic rings. The zero-order valence-corrected chi connectivity index (χ0v) is 30.4. The van der Waals surface area contributed by atoms with Gasteiger partial charge in [0.1, 0.15) is 18.2 Å². The molecule has 1 unspecified atom stereocenters. The van der Waals surface area contributed by atoms with E-state index < -0.39 is 5.82 Å². The highest BCUT2D eigenvalue weighted by Gasteiger charge is 2.32. The van der Waals surface area contributed by atoms with Gasteiger partial charge in [0.2, 0.25) is 5.88 Å². The predicted octanol–water partition coefficient (Wildman–Crippen LogP) is 7.42. The molecule has 270 valence electrons. The predicted molar refractivity (Wildman–Crippen MR) is 202 cm³/mol. The lowest BCUT2D eigenvalue weighted by Crippen LogP contribution is -2.29. The molecule has 1 atom stereocenters. The molecule has 12 heteroatoms. The number of pyridine rings is 1. The average Bonchev–Trinajstić information content (AvgIpc) is 3.67. The Labute approximate surface area is 308 Å². The smallest absolute Gasteiger partial charge is 0.251 e. The summed E-state index contributed by atoms with van der Waals surface area (Å²) < 4.78 is 26.8. The van der Waals surface area contributed by atoms with Crippen LogP contribution in [0.25, 0.3) is 16.6 Å². The summed E-state index contributed by atoms with van der Waals surface area (Å²) in [5.74, 6) is 1.34. The Morgan fingerprint density at radius 1 is 1.13 bits per heavy atom. The van der Waals surface area contributed by atoms with Crippen LogP contribution in [0.15, 0.2) is 89.2 Å². The molecule has 1 saturated heterocycles. The third kappa shape index (κ3) is 8.12. The van der Waals surface area contributed by atoms with Crippen LogP contribution in [0.5, 0.6) is 5.88 Å². The number of nitrogens with zero attached hydrogens (tertiary/aromatic N) is 5. The number of halogens is 2. The number of ether oxygens (including phenoxy) is 2. The van der Waals surface area contributed by atoms with E-state index in [4.69, 9.17) is 26.1 Å². The van der Waals surface area contributed by atoms with Crippen molar-refractivity contribution in [1.82, 2.24) is 24.9 Å². The van der Waals surface area contributed by atoms with Crippen LogP contribution in [0.1, 0.15) is 50.2 Å². The number of amides is 1. The van der Waals surface area contributed by atoms with Gasteiger partial charge in [0.15, 0.2) is 0 Å². The fourth-order valence-corrected chi connectivity index (χ4v) is 6.73. The maximum atomic E-state index is 14.2. The Bertz CT molecular complexity index is 2100. The quantitative estimate of drug-likeness (QED) is 0.185. The highest BCUT2D eigenvalue weighted by atomic mass is 35.5. The minimum atomic E-state index is -0.400. The molecule has 1 aliphatic carbocycles. The molecule has 0 saturated carbocycles. The standard InChI is InChI=1S/C37H37ClFN7O2.C3H6O/c1-22(2)36-28-17-24(8-11-31(28)43-44-36)37(47)40-27-10-12-33-32(19-27)41-34(45(33)3)20-46-15-13-23(14-16-46)30-5-4-6-35(42-30)48-21-25-7-9-26(38)18-29(25)39;1-2-4-3-1/h4-13,18-19,22,28,43H,14-17,20-21H2,1-3H3,(H,40,47);1-3H2. The minimum absolute atomic E-state index is 0.0713. The van der Waals surface area contributed by atoms with Gasteiger partial charge in [-0.15, -0.1) is 0 Å². The number of carbonyl (C=O) groups is 1. The van der Waals surface area contributed by atoms with E-state index in [0.29, 0.717) is 35.3 Å². The first-order valence-electron chi connectivity index (χ1n) is 17.8. The highest BCUT2D eigenvalue weighted by Crippen LogP contribution is 2.32. The van der Waals surface area contributed by atoms with Crippen molar-refractivity contribution in [1.29, 1.82) is 0 Å². The molecular formula is C40H43ClFN7O3. The van der Waals surface area contributed by atoms with Gasteiger partial charge in [0.05, 0.1) is 29.0 Å². The summed E-state index contributed by atoms with van der Waals surface area (Å²) >= 11 is 5.86. The monoisotopic (exact) mass is 723 g/mol. The second-order valence-electron chi connectivity index (χ2n) is 13.7. The van der Waals surface area contributed by atoms with Crippen molar-refractivity contribution in [2.75, 3.05) is 31.6 Å². The fraction of sp³-hybridized carbons (Fsp3) is 0.350. The summed E-state index contributed by atoms with van der Waals surface area (Å²) in [5, 5.41) is 7.91. The maximum absolute atomic E-state index is 14.2. The number of hydrogen-bond acceptors (Lipinski definition) is 8. The summed E-state index contributed by atoms with van der Waals surface area (Å²) in [6, 6.07) is 16.1. The minimum Gasteiger partial charge on any atom is -0.473 e. The normalized spacial score (nSPS) is 18.2. The number of imidazole rings is 1. The molecule has 0 bridgehead atoms. The molecular weight excluding hydrogens is 681 g/mol. The van der Waals surface area contributed by atoms with Crippen LogP contribution in [-0.4, -0.2) is 57.4 Å². The Balaban J connectivity index is 0.000000985. The second kappa shape index (κ2) is 15.8. The van der Waals surface area contributed by atoms with E-state index in [9.17, 15) is 9.18 Å². The summed E-state index contributed by atoms with van der Waals surface area (Å²) in [7, 11) is 2.03. The van der Waals surface area contributed by atoms with Crippen molar-refractivity contribution >= 4 is 45.5 Å². The maximum Gasteiger partial charge on any atom is 0.251 e. The summed E-state index contributed by atoms with van der Waals surface area (Å²) in [4.78, 5) is 25.2. The molecule has 4 aromatic rings. The van der Waals surface area contributed by atoms with E-state index in [1.165, 1.54) is 12.5 Å². The number of hydrogen-bond donors (Lipinski definition) is 2. The van der Waals surface area contributed by atoms with Crippen LogP contribution < -0.4 is 15.5 Å². The van der Waals surface area contributed by atoms with Gasteiger partial charge in [-0.05, 0) is 73.2 Å². The summed E-state index contributed by atoms with van der Waals surface area (Å²) in [6.45, 7) is 8.62. The first-order valence-corrected chi connectivity index (χ1v) is 18.1. The summed E-state index contributed by atoms with van der Waals surface area (Å²) in [6.07, 6.45) is 8.78. The number of aryl methyl sites for hydroxylation is 1. The number of allylic oxidation sites excluding steroid dienone is 3. The molecule has 8 rings (SSSR count). The lowest BCUT2D eigenvalue weighted by atomic mass is 9.84. The van der Waals surface area contributed by atoms with E-state index in [1.54, 1.807) is 18.2 Å². The molecule has 52 heavy (non-hydrogen) atoms. The molecule has 0 radical (unpaired) electrons. The molecule has 10 nitrogen and oxygen atoms in total. The first kappa shape index (κ1) is 35.6. The number of anilines is 1. The van der Waals surface area contributed by atoms with Gasteiger partial charge in [0, 0.05) is 72.9 Å². The number of fused-ring (bicyclic) bond motifs is 2. The van der Waals surface area contributed by atoms with Crippen molar-refractivity contribution in [3.05, 3.63) is 112 Å². The number of rotatable bonds is 9. The number of benzene rings is 2. The van der Waals surface area contributed by atoms with Gasteiger partial charge in [-0.1, -0.05) is 49.7 Å². The average molecular weight is 724 g/mol. The number of aromatic nitrogens is 3. The lowest BCUT2D eigenvalue weighted by Gasteiger charge is -2.25. The van der Waals surface area contributed by atoms with Crippen LogP contribution in [0.4, 0.5) is 10.1 Å². The lowest BCUT2D eigenvalue weighted by molar-refractivity contribution is -0.113. The first-order chi connectivity index (χ1) is 25.2. The van der Waals surface area contributed by atoms with Gasteiger partial charge in [0.25, 0.3) is 5.91 Å². The fourth-order valence-electron chi connectivity index (χ4n) is 6.57. The van der Waals surface area contributed by atoms with E-state index in [0.717, 1.165) is 83.5 Å².